The van der Waals surface area contributed by atoms with Gasteiger partial charge in [0.25, 0.3) is 0 Å². The molecule has 0 aliphatic carbocycles. The Labute approximate surface area is 374 Å². The number of hydrogen-bond donors (Lipinski definition) is 0. The molecule has 0 aliphatic rings. The van der Waals surface area contributed by atoms with Gasteiger partial charge in [0.2, 0.25) is 0 Å². The van der Waals surface area contributed by atoms with Crippen molar-refractivity contribution in [1.29, 1.82) is 0 Å². The number of anilines is 3. The van der Waals surface area contributed by atoms with Crippen molar-refractivity contribution in [2.45, 2.75) is 0 Å². The van der Waals surface area contributed by atoms with Gasteiger partial charge in [-0.2, -0.15) is 0 Å². The van der Waals surface area contributed by atoms with Gasteiger partial charge in [-0.05, 0) is 116 Å². The molecule has 4 heterocycles. The van der Waals surface area contributed by atoms with Crippen molar-refractivity contribution >= 4 is 93.0 Å². The van der Waals surface area contributed by atoms with E-state index in [0.717, 1.165) is 83.2 Å². The van der Waals surface area contributed by atoms with Crippen LogP contribution in [0.2, 0.25) is 0 Å². The SMILES string of the molecule is c1ccc2cc(-c3ccc4c(ccc5cc(N(c6ccc(-c7ccc8ncc9ccccc9c8n7)cc6)c6ccc(-c7ccc8ncc9ccccc9c8n7)cc6)ccc54)c3)ccc2c1. The van der Waals surface area contributed by atoms with Crippen LogP contribution in [0.3, 0.4) is 0 Å². The van der Waals surface area contributed by atoms with E-state index in [1.54, 1.807) is 0 Å². The summed E-state index contributed by atoms with van der Waals surface area (Å²) in [5, 5.41) is 11.7. The van der Waals surface area contributed by atoms with Crippen molar-refractivity contribution < 1.29 is 0 Å². The molecule has 65 heavy (non-hydrogen) atoms. The van der Waals surface area contributed by atoms with Crippen LogP contribution in [0.4, 0.5) is 17.1 Å². The van der Waals surface area contributed by atoms with Crippen LogP contribution in [-0.4, -0.2) is 19.9 Å². The van der Waals surface area contributed by atoms with Crippen LogP contribution in [0.25, 0.3) is 110 Å². The quantitative estimate of drug-likeness (QED) is 0.156. The Morgan fingerprint density at radius 3 is 1.29 bits per heavy atom. The fraction of sp³-hybridized carbons (Fsp3) is 0. The summed E-state index contributed by atoms with van der Waals surface area (Å²) in [7, 11) is 0. The number of fused-ring (bicyclic) bond motifs is 10. The second-order valence-electron chi connectivity index (χ2n) is 16.7. The van der Waals surface area contributed by atoms with Gasteiger partial charge in [0, 0.05) is 62.1 Å². The van der Waals surface area contributed by atoms with Gasteiger partial charge < -0.3 is 4.90 Å². The highest BCUT2D eigenvalue weighted by atomic mass is 15.1. The number of rotatable bonds is 6. The Hall–Kier alpha value is -8.80. The molecule has 0 atom stereocenters. The Morgan fingerprint density at radius 1 is 0.277 bits per heavy atom. The number of nitrogens with zero attached hydrogens (tertiary/aromatic N) is 5. The van der Waals surface area contributed by atoms with Crippen LogP contribution < -0.4 is 4.90 Å². The third-order valence-electron chi connectivity index (χ3n) is 12.9. The first-order chi connectivity index (χ1) is 32.2. The second-order valence-corrected chi connectivity index (χ2v) is 16.7. The molecule has 13 aromatic rings. The molecule has 5 heteroatoms. The number of benzene rings is 9. The molecule has 5 nitrogen and oxygen atoms in total. The van der Waals surface area contributed by atoms with Crippen LogP contribution in [0, 0.1) is 0 Å². The molecule has 0 N–H and O–H groups in total. The molecule has 0 amide bonds. The third-order valence-corrected chi connectivity index (χ3v) is 12.9. The number of pyridine rings is 4. The van der Waals surface area contributed by atoms with Crippen molar-refractivity contribution in [1.82, 2.24) is 19.9 Å². The Morgan fingerprint density at radius 2 is 0.708 bits per heavy atom. The summed E-state index contributed by atoms with van der Waals surface area (Å²) < 4.78 is 0. The standard InChI is InChI=1S/C60H37N5/c1-2-8-41-33-42(14-13-38(41)7-1)43-21-27-51-44(34-43)15-16-45-35-50(26-28-52(45)51)65(48-22-17-39(18-23-48)55-29-31-57-59(63-55)53-11-5-3-9-46(53)36-61-57)49-24-19-40(20-25-49)56-30-32-58-60(64-56)54-12-6-4-10-47(54)37-62-58/h1-37H. The molecular weight excluding hydrogens is 791 g/mol. The molecule has 0 radical (unpaired) electrons. The van der Waals surface area contributed by atoms with E-state index in [0.29, 0.717) is 0 Å². The van der Waals surface area contributed by atoms with Gasteiger partial charge in [-0.25, -0.2) is 9.97 Å². The van der Waals surface area contributed by atoms with E-state index >= 15 is 0 Å². The molecule has 0 spiro atoms. The number of hydrogen-bond acceptors (Lipinski definition) is 5. The summed E-state index contributed by atoms with van der Waals surface area (Å²) in [5.74, 6) is 0. The first-order valence-electron chi connectivity index (χ1n) is 21.9. The van der Waals surface area contributed by atoms with Gasteiger partial charge in [0.15, 0.2) is 0 Å². The zero-order valence-electron chi connectivity index (χ0n) is 35.1. The molecule has 0 bridgehead atoms. The van der Waals surface area contributed by atoms with E-state index in [2.05, 4.69) is 215 Å². The van der Waals surface area contributed by atoms with Gasteiger partial charge in [-0.1, -0.05) is 140 Å². The topological polar surface area (TPSA) is 54.8 Å². The van der Waals surface area contributed by atoms with Crippen molar-refractivity contribution in [2.24, 2.45) is 0 Å². The lowest BCUT2D eigenvalue weighted by atomic mass is 9.96. The van der Waals surface area contributed by atoms with E-state index in [9.17, 15) is 0 Å². The predicted molar refractivity (Wildman–Crippen MR) is 271 cm³/mol. The molecule has 13 rings (SSSR count). The summed E-state index contributed by atoms with van der Waals surface area (Å²) in [4.78, 5) is 22.0. The second kappa shape index (κ2) is 14.9. The maximum Gasteiger partial charge on any atom is 0.0972 e. The van der Waals surface area contributed by atoms with Crippen LogP contribution in [-0.2, 0) is 0 Å². The maximum atomic E-state index is 5.15. The lowest BCUT2D eigenvalue weighted by Crippen LogP contribution is -2.10. The highest BCUT2D eigenvalue weighted by Crippen LogP contribution is 2.40. The molecular formula is C60H37N5. The minimum atomic E-state index is 0.886. The van der Waals surface area contributed by atoms with E-state index in [-0.39, 0.29) is 0 Å². The van der Waals surface area contributed by atoms with Crippen molar-refractivity contribution in [3.05, 3.63) is 225 Å². The largest absolute Gasteiger partial charge is 0.310 e. The van der Waals surface area contributed by atoms with Gasteiger partial charge in [-0.15, -0.1) is 0 Å². The minimum absolute atomic E-state index is 0.886. The van der Waals surface area contributed by atoms with Gasteiger partial charge >= 0.3 is 0 Å². The van der Waals surface area contributed by atoms with Crippen LogP contribution in [0.5, 0.6) is 0 Å². The van der Waals surface area contributed by atoms with Gasteiger partial charge in [0.05, 0.1) is 33.5 Å². The lowest BCUT2D eigenvalue weighted by molar-refractivity contribution is 1.28. The first kappa shape index (κ1) is 36.8. The number of aromatic nitrogens is 4. The van der Waals surface area contributed by atoms with Gasteiger partial charge in [-0.3, -0.25) is 9.97 Å². The minimum Gasteiger partial charge on any atom is -0.310 e. The summed E-state index contributed by atoms with van der Waals surface area (Å²) in [6, 6.07) is 75.7. The molecule has 0 aliphatic heterocycles. The Balaban J connectivity index is 0.895. The van der Waals surface area contributed by atoms with Gasteiger partial charge in [0.1, 0.15) is 0 Å². The van der Waals surface area contributed by atoms with E-state index in [1.807, 2.05) is 24.5 Å². The normalized spacial score (nSPS) is 11.7. The molecule has 0 unspecified atom stereocenters. The maximum absolute atomic E-state index is 5.15. The summed E-state index contributed by atoms with van der Waals surface area (Å²) in [6.45, 7) is 0. The average molecular weight is 828 g/mol. The van der Waals surface area contributed by atoms with E-state index in [4.69, 9.17) is 9.97 Å². The zero-order chi connectivity index (χ0) is 42.8. The van der Waals surface area contributed by atoms with Crippen LogP contribution in [0.1, 0.15) is 0 Å². The third kappa shape index (κ3) is 6.40. The summed E-state index contributed by atoms with van der Waals surface area (Å²) in [6.07, 6.45) is 3.84. The molecule has 9 aromatic carbocycles. The fourth-order valence-corrected chi connectivity index (χ4v) is 9.51. The molecule has 0 fully saturated rings. The van der Waals surface area contributed by atoms with Crippen LogP contribution in [0.15, 0.2) is 225 Å². The van der Waals surface area contributed by atoms with E-state index < -0.39 is 0 Å². The molecule has 0 saturated heterocycles. The molecule has 302 valence electrons. The average Bonchev–Trinajstić information content (AvgIpc) is 3.38. The predicted octanol–water partition coefficient (Wildman–Crippen LogP) is 15.8. The van der Waals surface area contributed by atoms with Crippen LogP contribution >= 0.6 is 0 Å². The Kier molecular flexibility index (Phi) is 8.46. The monoisotopic (exact) mass is 827 g/mol. The lowest BCUT2D eigenvalue weighted by Gasteiger charge is -2.26. The summed E-state index contributed by atoms with van der Waals surface area (Å²) >= 11 is 0. The molecule has 4 aromatic heterocycles. The fourth-order valence-electron chi connectivity index (χ4n) is 9.51. The smallest absolute Gasteiger partial charge is 0.0972 e. The van der Waals surface area contributed by atoms with E-state index in [1.165, 1.54) is 43.4 Å². The van der Waals surface area contributed by atoms with Crippen molar-refractivity contribution in [3.8, 4) is 33.6 Å². The first-order valence-corrected chi connectivity index (χ1v) is 21.9. The highest BCUT2D eigenvalue weighted by molar-refractivity contribution is 6.10. The zero-order valence-corrected chi connectivity index (χ0v) is 35.1. The Bertz CT molecular complexity index is 3850. The summed E-state index contributed by atoms with van der Waals surface area (Å²) in [5.41, 5.74) is 13.1. The molecule has 0 saturated carbocycles. The highest BCUT2D eigenvalue weighted by Gasteiger charge is 2.16. The van der Waals surface area contributed by atoms with Crippen molar-refractivity contribution in [3.63, 3.8) is 0 Å². The van der Waals surface area contributed by atoms with Crippen molar-refractivity contribution in [2.75, 3.05) is 4.90 Å².